The SMILES string of the molecule is COC1C=C(C(C)=O)C(OC)O1. The first kappa shape index (κ1) is 9.38. The summed E-state index contributed by atoms with van der Waals surface area (Å²) >= 11 is 0. The largest absolute Gasteiger partial charge is 0.352 e. The predicted octanol–water partition coefficient (Wildman–Crippen LogP) is 0.477. The molecule has 0 aromatic carbocycles. The number of hydrogen-bond donors (Lipinski definition) is 0. The van der Waals surface area contributed by atoms with Crippen LogP contribution in [0.3, 0.4) is 0 Å². The quantitative estimate of drug-likeness (QED) is 0.621. The Bertz CT molecular complexity index is 209. The Kier molecular flexibility index (Phi) is 2.97. The van der Waals surface area contributed by atoms with E-state index in [-0.39, 0.29) is 5.78 Å². The van der Waals surface area contributed by atoms with Gasteiger partial charge in [0.15, 0.2) is 18.4 Å². The van der Waals surface area contributed by atoms with Crippen LogP contribution in [0, 0.1) is 0 Å². The van der Waals surface area contributed by atoms with Crippen LogP contribution in [0.2, 0.25) is 0 Å². The van der Waals surface area contributed by atoms with Crippen LogP contribution < -0.4 is 0 Å². The van der Waals surface area contributed by atoms with Crippen molar-refractivity contribution in [3.05, 3.63) is 11.6 Å². The Hall–Kier alpha value is -0.710. The second-order valence-electron chi connectivity index (χ2n) is 2.49. The third-order valence-corrected chi connectivity index (χ3v) is 1.68. The van der Waals surface area contributed by atoms with Gasteiger partial charge in [-0.05, 0) is 13.0 Å². The molecule has 0 radical (unpaired) electrons. The molecule has 4 nitrogen and oxygen atoms in total. The third-order valence-electron chi connectivity index (χ3n) is 1.68. The van der Waals surface area contributed by atoms with Gasteiger partial charge in [0.1, 0.15) is 0 Å². The summed E-state index contributed by atoms with van der Waals surface area (Å²) in [5.74, 6) is -0.0543. The molecular weight excluding hydrogens is 160 g/mol. The molecule has 0 fully saturated rings. The summed E-state index contributed by atoms with van der Waals surface area (Å²) in [5.41, 5.74) is 0.518. The lowest BCUT2D eigenvalue weighted by Gasteiger charge is -2.12. The van der Waals surface area contributed by atoms with Crippen molar-refractivity contribution in [2.75, 3.05) is 14.2 Å². The summed E-state index contributed by atoms with van der Waals surface area (Å²) in [6, 6.07) is 0. The molecule has 0 spiro atoms. The van der Waals surface area contributed by atoms with Crippen molar-refractivity contribution in [3.8, 4) is 0 Å². The summed E-state index contributed by atoms with van der Waals surface area (Å²) < 4.78 is 15.0. The molecule has 0 aromatic heterocycles. The number of ether oxygens (including phenoxy) is 3. The molecule has 1 aliphatic rings. The van der Waals surface area contributed by atoms with E-state index in [9.17, 15) is 4.79 Å². The van der Waals surface area contributed by atoms with E-state index in [1.807, 2.05) is 0 Å². The van der Waals surface area contributed by atoms with Gasteiger partial charge in [-0.1, -0.05) is 0 Å². The molecule has 1 aliphatic heterocycles. The van der Waals surface area contributed by atoms with Crippen LogP contribution in [0.25, 0.3) is 0 Å². The van der Waals surface area contributed by atoms with Gasteiger partial charge in [0.05, 0.1) is 5.57 Å². The highest BCUT2D eigenvalue weighted by molar-refractivity contribution is 5.94. The highest BCUT2D eigenvalue weighted by Crippen LogP contribution is 2.21. The van der Waals surface area contributed by atoms with E-state index < -0.39 is 12.6 Å². The van der Waals surface area contributed by atoms with Crippen molar-refractivity contribution in [3.63, 3.8) is 0 Å². The van der Waals surface area contributed by atoms with E-state index in [1.165, 1.54) is 21.1 Å². The van der Waals surface area contributed by atoms with E-state index >= 15 is 0 Å². The second kappa shape index (κ2) is 3.80. The molecule has 0 amide bonds. The molecule has 0 aromatic rings. The Balaban J connectivity index is 2.72. The maximum absolute atomic E-state index is 11.0. The number of hydrogen-bond acceptors (Lipinski definition) is 4. The summed E-state index contributed by atoms with van der Waals surface area (Å²) in [7, 11) is 3.00. The molecule has 0 bridgehead atoms. The molecule has 0 saturated carbocycles. The van der Waals surface area contributed by atoms with Gasteiger partial charge in [0.25, 0.3) is 0 Å². The highest BCUT2D eigenvalue weighted by atomic mass is 16.8. The summed E-state index contributed by atoms with van der Waals surface area (Å²) in [6.07, 6.45) is 0.581. The zero-order valence-electron chi connectivity index (χ0n) is 7.37. The Morgan fingerprint density at radius 3 is 2.50 bits per heavy atom. The van der Waals surface area contributed by atoms with E-state index in [4.69, 9.17) is 14.2 Å². The molecule has 4 heteroatoms. The topological polar surface area (TPSA) is 44.8 Å². The number of carbonyl (C=O) groups excluding carboxylic acids is 1. The molecule has 68 valence electrons. The minimum atomic E-state index is -0.576. The van der Waals surface area contributed by atoms with Gasteiger partial charge in [0.2, 0.25) is 0 Å². The summed E-state index contributed by atoms with van der Waals surface area (Å²) in [6.45, 7) is 1.47. The van der Waals surface area contributed by atoms with Crippen LogP contribution in [0.15, 0.2) is 11.6 Å². The number of ketones is 1. The van der Waals surface area contributed by atoms with Gasteiger partial charge < -0.3 is 14.2 Å². The Labute approximate surface area is 71.1 Å². The van der Waals surface area contributed by atoms with E-state index in [0.29, 0.717) is 5.57 Å². The summed E-state index contributed by atoms with van der Waals surface area (Å²) in [4.78, 5) is 11.0. The smallest absolute Gasteiger partial charge is 0.190 e. The zero-order chi connectivity index (χ0) is 9.14. The standard InChI is InChI=1S/C8H12O4/c1-5(9)6-4-7(10-2)12-8(6)11-3/h4,7-8H,1-3H3. The van der Waals surface area contributed by atoms with Crippen LogP contribution in [-0.4, -0.2) is 32.6 Å². The number of methoxy groups -OCH3 is 2. The molecule has 2 unspecified atom stereocenters. The second-order valence-corrected chi connectivity index (χ2v) is 2.49. The van der Waals surface area contributed by atoms with Crippen molar-refractivity contribution in [1.82, 2.24) is 0 Å². The van der Waals surface area contributed by atoms with Gasteiger partial charge in [-0.3, -0.25) is 4.79 Å². The average Bonchev–Trinajstić information content (AvgIpc) is 2.47. The molecule has 0 saturated heterocycles. The highest BCUT2D eigenvalue weighted by Gasteiger charge is 2.29. The van der Waals surface area contributed by atoms with Crippen molar-refractivity contribution in [1.29, 1.82) is 0 Å². The fraction of sp³-hybridized carbons (Fsp3) is 0.625. The van der Waals surface area contributed by atoms with E-state index in [0.717, 1.165) is 0 Å². The Morgan fingerprint density at radius 1 is 1.50 bits per heavy atom. The molecule has 12 heavy (non-hydrogen) atoms. The van der Waals surface area contributed by atoms with Crippen LogP contribution in [0.1, 0.15) is 6.92 Å². The van der Waals surface area contributed by atoms with Gasteiger partial charge >= 0.3 is 0 Å². The van der Waals surface area contributed by atoms with Gasteiger partial charge in [-0.25, -0.2) is 0 Å². The normalized spacial score (nSPS) is 28.8. The minimum absolute atomic E-state index is 0.0543. The number of Topliss-reactive ketones (excluding diaryl/α,β-unsaturated/α-hetero) is 1. The lowest BCUT2D eigenvalue weighted by molar-refractivity contribution is -0.177. The van der Waals surface area contributed by atoms with Crippen LogP contribution in [0.5, 0.6) is 0 Å². The third kappa shape index (κ3) is 1.72. The fourth-order valence-corrected chi connectivity index (χ4v) is 1.05. The van der Waals surface area contributed by atoms with Crippen LogP contribution >= 0.6 is 0 Å². The maximum Gasteiger partial charge on any atom is 0.190 e. The van der Waals surface area contributed by atoms with Gasteiger partial charge in [-0.2, -0.15) is 0 Å². The predicted molar refractivity (Wildman–Crippen MR) is 41.4 cm³/mol. The van der Waals surface area contributed by atoms with E-state index in [2.05, 4.69) is 0 Å². The van der Waals surface area contributed by atoms with Gasteiger partial charge in [-0.15, -0.1) is 0 Å². The average molecular weight is 172 g/mol. The molecular formula is C8H12O4. The monoisotopic (exact) mass is 172 g/mol. The molecule has 0 aliphatic carbocycles. The number of rotatable bonds is 3. The first-order valence-corrected chi connectivity index (χ1v) is 3.62. The molecule has 1 heterocycles. The first-order chi connectivity index (χ1) is 5.69. The lowest BCUT2D eigenvalue weighted by Crippen LogP contribution is -2.19. The van der Waals surface area contributed by atoms with Crippen molar-refractivity contribution < 1.29 is 19.0 Å². The van der Waals surface area contributed by atoms with Crippen molar-refractivity contribution in [2.45, 2.75) is 19.5 Å². The molecule has 2 atom stereocenters. The maximum atomic E-state index is 11.0. The van der Waals surface area contributed by atoms with Crippen LogP contribution in [-0.2, 0) is 19.0 Å². The molecule has 0 N–H and O–H groups in total. The van der Waals surface area contributed by atoms with Crippen LogP contribution in [0.4, 0.5) is 0 Å². The Morgan fingerprint density at radius 2 is 2.17 bits per heavy atom. The lowest BCUT2D eigenvalue weighted by atomic mass is 10.2. The minimum Gasteiger partial charge on any atom is -0.352 e. The van der Waals surface area contributed by atoms with Crippen molar-refractivity contribution in [2.24, 2.45) is 0 Å². The van der Waals surface area contributed by atoms with E-state index in [1.54, 1.807) is 6.08 Å². The molecule has 1 rings (SSSR count). The fourth-order valence-electron chi connectivity index (χ4n) is 1.05. The van der Waals surface area contributed by atoms with Gasteiger partial charge in [0, 0.05) is 14.2 Å². The zero-order valence-corrected chi connectivity index (χ0v) is 7.37. The number of carbonyl (C=O) groups is 1. The van der Waals surface area contributed by atoms with Crippen molar-refractivity contribution >= 4 is 5.78 Å². The summed E-state index contributed by atoms with van der Waals surface area (Å²) in [5, 5.41) is 0. The first-order valence-electron chi connectivity index (χ1n) is 3.62.